The van der Waals surface area contributed by atoms with Gasteiger partial charge in [-0.25, -0.2) is 4.98 Å². The summed E-state index contributed by atoms with van der Waals surface area (Å²) >= 11 is 6.10. The maximum Gasteiger partial charge on any atom is 0.146 e. The quantitative estimate of drug-likeness (QED) is 0.354. The minimum Gasteiger partial charge on any atom is -0.292 e. The summed E-state index contributed by atoms with van der Waals surface area (Å²) in [6, 6.07) is 30.9. The number of imidazole rings is 1. The Morgan fingerprint density at radius 1 is 0.692 bits per heavy atom. The zero-order chi connectivity index (χ0) is 17.5. The number of para-hydroxylation sites is 2. The van der Waals surface area contributed by atoms with E-state index in [1.54, 1.807) is 0 Å². The van der Waals surface area contributed by atoms with Gasteiger partial charge in [0.1, 0.15) is 5.82 Å². The van der Waals surface area contributed by atoms with Gasteiger partial charge < -0.3 is 0 Å². The van der Waals surface area contributed by atoms with Crippen LogP contribution in [0.15, 0.2) is 91.0 Å². The molecule has 1 aromatic heterocycles. The standard InChI is InChI=1S/C23H15ClN2/c24-17-12-14-18(15-13-17)26-22-11-4-3-10-21(22)25-23(26)20-9-5-7-16-6-1-2-8-19(16)20/h1-15H. The monoisotopic (exact) mass is 354 g/mol. The lowest BCUT2D eigenvalue weighted by Gasteiger charge is -2.11. The molecule has 0 bridgehead atoms. The van der Waals surface area contributed by atoms with Gasteiger partial charge in [-0.05, 0) is 47.2 Å². The van der Waals surface area contributed by atoms with Crippen LogP contribution in [0.4, 0.5) is 0 Å². The van der Waals surface area contributed by atoms with Crippen molar-refractivity contribution in [1.29, 1.82) is 0 Å². The van der Waals surface area contributed by atoms with Gasteiger partial charge >= 0.3 is 0 Å². The smallest absolute Gasteiger partial charge is 0.146 e. The SMILES string of the molecule is Clc1ccc(-n2c(-c3cccc4ccccc34)nc3ccccc32)cc1. The Morgan fingerprint density at radius 2 is 1.42 bits per heavy atom. The number of aromatic nitrogens is 2. The van der Waals surface area contributed by atoms with E-state index >= 15 is 0 Å². The Kier molecular flexibility index (Phi) is 3.51. The number of halogens is 1. The van der Waals surface area contributed by atoms with Gasteiger partial charge in [0.05, 0.1) is 11.0 Å². The van der Waals surface area contributed by atoms with Crippen LogP contribution in [0.2, 0.25) is 5.02 Å². The van der Waals surface area contributed by atoms with Gasteiger partial charge in [-0.2, -0.15) is 0 Å². The number of nitrogens with zero attached hydrogens (tertiary/aromatic N) is 2. The third-order valence-electron chi connectivity index (χ3n) is 4.68. The van der Waals surface area contributed by atoms with Crippen molar-refractivity contribution in [3.8, 4) is 17.1 Å². The predicted molar refractivity (Wildman–Crippen MR) is 109 cm³/mol. The van der Waals surface area contributed by atoms with Crippen LogP contribution in [0.1, 0.15) is 0 Å². The Bertz CT molecular complexity index is 1230. The highest BCUT2D eigenvalue weighted by Gasteiger charge is 2.15. The van der Waals surface area contributed by atoms with Gasteiger partial charge in [0.2, 0.25) is 0 Å². The van der Waals surface area contributed by atoms with Crippen LogP contribution >= 0.6 is 11.6 Å². The Labute approximate surface area is 156 Å². The lowest BCUT2D eigenvalue weighted by Crippen LogP contribution is -1.97. The van der Waals surface area contributed by atoms with Crippen LogP contribution < -0.4 is 0 Å². The van der Waals surface area contributed by atoms with Gasteiger partial charge in [-0.3, -0.25) is 4.57 Å². The van der Waals surface area contributed by atoms with Crippen molar-refractivity contribution in [2.45, 2.75) is 0 Å². The molecular weight excluding hydrogens is 340 g/mol. The summed E-state index contributed by atoms with van der Waals surface area (Å²) < 4.78 is 2.20. The lowest BCUT2D eigenvalue weighted by atomic mass is 10.0. The van der Waals surface area contributed by atoms with E-state index in [1.807, 2.05) is 36.4 Å². The lowest BCUT2D eigenvalue weighted by molar-refractivity contribution is 1.11. The van der Waals surface area contributed by atoms with Crippen molar-refractivity contribution in [3.05, 3.63) is 96.0 Å². The maximum atomic E-state index is 6.10. The molecule has 124 valence electrons. The van der Waals surface area contributed by atoms with E-state index in [0.29, 0.717) is 0 Å². The molecule has 0 aliphatic heterocycles. The summed E-state index contributed by atoms with van der Waals surface area (Å²) in [7, 11) is 0. The van der Waals surface area contributed by atoms with Crippen LogP contribution in [-0.4, -0.2) is 9.55 Å². The zero-order valence-electron chi connectivity index (χ0n) is 13.9. The molecule has 0 unspecified atom stereocenters. The number of benzene rings is 4. The van der Waals surface area contributed by atoms with Crippen molar-refractivity contribution >= 4 is 33.4 Å². The number of fused-ring (bicyclic) bond motifs is 2. The second kappa shape index (κ2) is 6.01. The molecule has 0 fully saturated rings. The summed E-state index contributed by atoms with van der Waals surface area (Å²) in [6.07, 6.45) is 0. The molecule has 5 aromatic rings. The number of rotatable bonds is 2. The minimum atomic E-state index is 0.727. The molecule has 4 aromatic carbocycles. The molecule has 0 N–H and O–H groups in total. The molecule has 0 spiro atoms. The largest absolute Gasteiger partial charge is 0.292 e. The second-order valence-electron chi connectivity index (χ2n) is 6.26. The first-order chi connectivity index (χ1) is 12.8. The van der Waals surface area contributed by atoms with Crippen LogP contribution in [-0.2, 0) is 0 Å². The van der Waals surface area contributed by atoms with Crippen LogP contribution in [0.3, 0.4) is 0 Å². The molecule has 5 rings (SSSR count). The minimum absolute atomic E-state index is 0.727. The van der Waals surface area contributed by atoms with Crippen molar-refractivity contribution in [1.82, 2.24) is 9.55 Å². The van der Waals surface area contributed by atoms with Crippen molar-refractivity contribution in [2.24, 2.45) is 0 Å². The fourth-order valence-corrected chi connectivity index (χ4v) is 3.60. The highest BCUT2D eigenvalue weighted by Crippen LogP contribution is 2.33. The fourth-order valence-electron chi connectivity index (χ4n) is 3.48. The summed E-state index contributed by atoms with van der Waals surface area (Å²) in [5, 5.41) is 3.13. The third kappa shape index (κ3) is 2.39. The molecule has 0 amide bonds. The highest BCUT2D eigenvalue weighted by atomic mass is 35.5. The molecule has 1 heterocycles. The van der Waals surface area contributed by atoms with Crippen molar-refractivity contribution in [3.63, 3.8) is 0 Å². The van der Waals surface area contributed by atoms with Crippen LogP contribution in [0.25, 0.3) is 38.9 Å². The van der Waals surface area contributed by atoms with Gasteiger partial charge in [0.15, 0.2) is 0 Å². The average molecular weight is 355 g/mol. The Morgan fingerprint density at radius 3 is 2.31 bits per heavy atom. The number of hydrogen-bond donors (Lipinski definition) is 0. The van der Waals surface area contributed by atoms with E-state index in [4.69, 9.17) is 16.6 Å². The Hall–Kier alpha value is -3.10. The molecule has 0 radical (unpaired) electrons. The van der Waals surface area contributed by atoms with E-state index in [0.717, 1.165) is 33.1 Å². The van der Waals surface area contributed by atoms with Gasteiger partial charge in [0.25, 0.3) is 0 Å². The van der Waals surface area contributed by atoms with Gasteiger partial charge in [-0.15, -0.1) is 0 Å². The molecule has 0 aliphatic rings. The first-order valence-electron chi connectivity index (χ1n) is 8.53. The first-order valence-corrected chi connectivity index (χ1v) is 8.91. The van der Waals surface area contributed by atoms with E-state index in [2.05, 4.69) is 59.2 Å². The second-order valence-corrected chi connectivity index (χ2v) is 6.70. The highest BCUT2D eigenvalue weighted by molar-refractivity contribution is 6.30. The fraction of sp³-hybridized carbons (Fsp3) is 0. The molecule has 0 aliphatic carbocycles. The van der Waals surface area contributed by atoms with E-state index in [1.165, 1.54) is 10.8 Å². The average Bonchev–Trinajstić information content (AvgIpc) is 3.07. The van der Waals surface area contributed by atoms with Crippen LogP contribution in [0.5, 0.6) is 0 Å². The van der Waals surface area contributed by atoms with Gasteiger partial charge in [0, 0.05) is 16.3 Å². The summed E-state index contributed by atoms with van der Waals surface area (Å²) in [4.78, 5) is 4.96. The molecular formula is C23H15ClN2. The number of hydrogen-bond acceptors (Lipinski definition) is 1. The van der Waals surface area contributed by atoms with Crippen molar-refractivity contribution < 1.29 is 0 Å². The summed E-state index contributed by atoms with van der Waals surface area (Å²) in [5.41, 5.74) is 4.23. The molecule has 2 nitrogen and oxygen atoms in total. The van der Waals surface area contributed by atoms with Gasteiger partial charge in [-0.1, -0.05) is 66.2 Å². The van der Waals surface area contributed by atoms with E-state index < -0.39 is 0 Å². The normalized spacial score (nSPS) is 11.3. The first kappa shape index (κ1) is 15.2. The molecule has 26 heavy (non-hydrogen) atoms. The third-order valence-corrected chi connectivity index (χ3v) is 4.93. The summed E-state index contributed by atoms with van der Waals surface area (Å²) in [6.45, 7) is 0. The predicted octanol–water partition coefficient (Wildman–Crippen LogP) is 6.50. The Balaban J connectivity index is 1.88. The van der Waals surface area contributed by atoms with E-state index in [-0.39, 0.29) is 0 Å². The topological polar surface area (TPSA) is 17.8 Å². The molecule has 0 saturated carbocycles. The molecule has 3 heteroatoms. The maximum absolute atomic E-state index is 6.10. The van der Waals surface area contributed by atoms with E-state index in [9.17, 15) is 0 Å². The summed E-state index contributed by atoms with van der Waals surface area (Å²) in [5.74, 6) is 0.935. The zero-order valence-corrected chi connectivity index (χ0v) is 14.7. The molecule has 0 saturated heterocycles. The van der Waals surface area contributed by atoms with Crippen molar-refractivity contribution in [2.75, 3.05) is 0 Å². The van der Waals surface area contributed by atoms with Crippen LogP contribution in [0, 0.1) is 0 Å². The molecule has 0 atom stereocenters.